The van der Waals surface area contributed by atoms with Crippen LogP contribution in [0.5, 0.6) is 5.75 Å². The number of nitrogens with zero attached hydrogens (tertiary/aromatic N) is 2. The largest absolute Gasteiger partial charge is 0.419 e. The molecule has 6 nitrogen and oxygen atoms in total. The molecule has 0 aromatic heterocycles. The molecule has 0 aliphatic carbocycles. The summed E-state index contributed by atoms with van der Waals surface area (Å²) in [6, 6.07) is 12.8. The van der Waals surface area contributed by atoms with E-state index in [1.165, 1.54) is 0 Å². The van der Waals surface area contributed by atoms with Crippen LogP contribution in [0, 0.1) is 21.8 Å². The fourth-order valence-corrected chi connectivity index (χ4v) is 3.15. The maximum Gasteiger partial charge on any atom is 0.315 e. The topological polar surface area (TPSA) is 72.7 Å². The molecule has 0 bridgehead atoms. The first-order valence-electron chi connectivity index (χ1n) is 8.45. The van der Waals surface area contributed by atoms with E-state index in [-0.39, 0.29) is 5.75 Å². The van der Waals surface area contributed by atoms with Crippen molar-refractivity contribution in [2.24, 2.45) is 5.92 Å². The number of esters is 1. The zero-order chi connectivity index (χ0) is 18.5. The Kier molecular flexibility index (Phi) is 5.58. The molecule has 7 heteroatoms. The second-order valence-electron chi connectivity index (χ2n) is 6.35. The Morgan fingerprint density at radius 1 is 1.27 bits per heavy atom. The van der Waals surface area contributed by atoms with Gasteiger partial charge in [0.05, 0.1) is 10.8 Å². The first-order chi connectivity index (χ1) is 12.5. The number of halogens is 1. The molecule has 0 radical (unpaired) electrons. The van der Waals surface area contributed by atoms with Crippen molar-refractivity contribution in [3.05, 3.63) is 70.0 Å². The predicted molar refractivity (Wildman–Crippen MR) is 93.1 cm³/mol. The van der Waals surface area contributed by atoms with Crippen LogP contribution in [0.3, 0.4) is 0 Å². The highest BCUT2D eigenvalue weighted by Crippen LogP contribution is 2.29. The van der Waals surface area contributed by atoms with Crippen molar-refractivity contribution in [2.75, 3.05) is 13.1 Å². The van der Waals surface area contributed by atoms with Crippen molar-refractivity contribution in [1.82, 2.24) is 4.90 Å². The third kappa shape index (κ3) is 4.43. The van der Waals surface area contributed by atoms with E-state index in [0.717, 1.165) is 43.3 Å². The van der Waals surface area contributed by atoms with Crippen LogP contribution >= 0.6 is 0 Å². The Morgan fingerprint density at radius 2 is 2.04 bits per heavy atom. The molecule has 1 atom stereocenters. The average molecular weight is 358 g/mol. The normalized spacial score (nSPS) is 17.7. The third-order valence-electron chi connectivity index (χ3n) is 4.42. The fraction of sp³-hybridized carbons (Fsp3) is 0.316. The summed E-state index contributed by atoms with van der Waals surface area (Å²) in [5, 5.41) is 11.0. The van der Waals surface area contributed by atoms with E-state index < -0.39 is 28.3 Å². The van der Waals surface area contributed by atoms with Gasteiger partial charge in [0, 0.05) is 25.2 Å². The molecule has 26 heavy (non-hydrogen) atoms. The quantitative estimate of drug-likeness (QED) is 0.354. The molecule has 1 unspecified atom stereocenters. The summed E-state index contributed by atoms with van der Waals surface area (Å²) in [4.78, 5) is 25.0. The standard InChI is InChI=1S/C19H19FN2O4/c20-16-8-9-17(22(24)25)18(11-16)26-19(23)15-7-4-10-21(13-15)12-14-5-2-1-3-6-14/h1-3,5-6,8-9,11,15H,4,7,10,12-13H2. The van der Waals surface area contributed by atoms with Crippen molar-refractivity contribution < 1.29 is 18.8 Å². The number of rotatable bonds is 5. The van der Waals surface area contributed by atoms with Crippen LogP contribution in [0.2, 0.25) is 0 Å². The van der Waals surface area contributed by atoms with E-state index in [9.17, 15) is 19.3 Å². The maximum atomic E-state index is 13.4. The summed E-state index contributed by atoms with van der Waals surface area (Å²) in [6.45, 7) is 2.11. The summed E-state index contributed by atoms with van der Waals surface area (Å²) in [5.41, 5.74) is 0.735. The Hall–Kier alpha value is -2.80. The minimum absolute atomic E-state index is 0.347. The number of nitro benzene ring substituents is 1. The number of ether oxygens (including phenoxy) is 1. The van der Waals surface area contributed by atoms with Gasteiger partial charge >= 0.3 is 11.7 Å². The molecule has 1 heterocycles. The smallest absolute Gasteiger partial charge is 0.315 e. The first-order valence-corrected chi connectivity index (χ1v) is 8.45. The van der Waals surface area contributed by atoms with Gasteiger partial charge in [0.1, 0.15) is 5.82 Å². The first kappa shape index (κ1) is 18.0. The molecular formula is C19H19FN2O4. The lowest BCUT2D eigenvalue weighted by atomic mass is 9.97. The van der Waals surface area contributed by atoms with Gasteiger partial charge in [-0.05, 0) is 31.0 Å². The summed E-state index contributed by atoms with van der Waals surface area (Å²) < 4.78 is 18.6. The van der Waals surface area contributed by atoms with Crippen LogP contribution in [0.1, 0.15) is 18.4 Å². The molecule has 0 N–H and O–H groups in total. The van der Waals surface area contributed by atoms with Crippen molar-refractivity contribution in [2.45, 2.75) is 19.4 Å². The zero-order valence-electron chi connectivity index (χ0n) is 14.1. The van der Waals surface area contributed by atoms with Crippen LogP contribution in [-0.4, -0.2) is 28.9 Å². The lowest BCUT2D eigenvalue weighted by Gasteiger charge is -2.31. The molecule has 1 fully saturated rings. The second kappa shape index (κ2) is 8.05. The molecule has 2 aromatic rings. The molecule has 1 saturated heterocycles. The zero-order valence-corrected chi connectivity index (χ0v) is 14.1. The molecule has 0 spiro atoms. The summed E-state index contributed by atoms with van der Waals surface area (Å²) in [5.74, 6) is -1.99. The minimum Gasteiger partial charge on any atom is -0.419 e. The molecule has 0 amide bonds. The number of benzene rings is 2. The van der Waals surface area contributed by atoms with Crippen LogP contribution < -0.4 is 4.74 Å². The van der Waals surface area contributed by atoms with Crippen molar-refractivity contribution >= 4 is 11.7 Å². The molecular weight excluding hydrogens is 339 g/mol. The van der Waals surface area contributed by atoms with Gasteiger partial charge in [-0.1, -0.05) is 30.3 Å². The van der Waals surface area contributed by atoms with Crippen molar-refractivity contribution in [3.63, 3.8) is 0 Å². The number of carbonyl (C=O) groups is 1. The Morgan fingerprint density at radius 3 is 2.77 bits per heavy atom. The Bertz CT molecular complexity index is 797. The molecule has 0 saturated carbocycles. The Balaban J connectivity index is 1.66. The van der Waals surface area contributed by atoms with E-state index in [4.69, 9.17) is 4.74 Å². The highest BCUT2D eigenvalue weighted by molar-refractivity contribution is 5.76. The highest BCUT2D eigenvalue weighted by atomic mass is 19.1. The van der Waals surface area contributed by atoms with Gasteiger partial charge in [-0.3, -0.25) is 19.8 Å². The molecule has 3 rings (SSSR count). The average Bonchev–Trinajstić information content (AvgIpc) is 2.62. The van der Waals surface area contributed by atoms with Gasteiger partial charge in [0.2, 0.25) is 5.75 Å². The number of likely N-dealkylation sites (tertiary alicyclic amines) is 1. The van der Waals surface area contributed by atoms with Gasteiger partial charge in [-0.2, -0.15) is 0 Å². The van der Waals surface area contributed by atoms with Gasteiger partial charge in [-0.15, -0.1) is 0 Å². The van der Waals surface area contributed by atoms with Crippen LogP contribution in [0.15, 0.2) is 48.5 Å². The van der Waals surface area contributed by atoms with Crippen LogP contribution in [0.25, 0.3) is 0 Å². The van der Waals surface area contributed by atoms with Crippen molar-refractivity contribution in [3.8, 4) is 5.75 Å². The lowest BCUT2D eigenvalue weighted by molar-refractivity contribution is -0.385. The lowest BCUT2D eigenvalue weighted by Crippen LogP contribution is -2.39. The second-order valence-corrected chi connectivity index (χ2v) is 6.35. The van der Waals surface area contributed by atoms with Gasteiger partial charge in [0.15, 0.2) is 0 Å². The number of carbonyl (C=O) groups excluding carboxylic acids is 1. The van der Waals surface area contributed by atoms with Crippen molar-refractivity contribution in [1.29, 1.82) is 0 Å². The molecule has 1 aliphatic rings. The minimum atomic E-state index is -0.690. The van der Waals surface area contributed by atoms with Crippen LogP contribution in [0.4, 0.5) is 10.1 Å². The summed E-state index contributed by atoms with van der Waals surface area (Å²) >= 11 is 0. The summed E-state index contributed by atoms with van der Waals surface area (Å²) in [6.07, 6.45) is 1.48. The van der Waals surface area contributed by atoms with Gasteiger partial charge in [-0.25, -0.2) is 4.39 Å². The fourth-order valence-electron chi connectivity index (χ4n) is 3.15. The third-order valence-corrected chi connectivity index (χ3v) is 4.42. The number of nitro groups is 1. The number of piperidine rings is 1. The monoisotopic (exact) mass is 358 g/mol. The van der Waals surface area contributed by atoms with E-state index in [0.29, 0.717) is 13.0 Å². The van der Waals surface area contributed by atoms with Gasteiger partial charge in [0.25, 0.3) is 0 Å². The van der Waals surface area contributed by atoms with E-state index in [2.05, 4.69) is 4.90 Å². The summed E-state index contributed by atoms with van der Waals surface area (Å²) in [7, 11) is 0. The highest BCUT2D eigenvalue weighted by Gasteiger charge is 2.29. The molecule has 1 aliphatic heterocycles. The SMILES string of the molecule is O=C(Oc1cc(F)ccc1[N+](=O)[O-])C1CCCN(Cc2ccccc2)C1. The maximum absolute atomic E-state index is 13.4. The number of hydrogen-bond acceptors (Lipinski definition) is 5. The Labute approximate surface area is 150 Å². The predicted octanol–water partition coefficient (Wildman–Crippen LogP) is 3.55. The molecule has 2 aromatic carbocycles. The number of hydrogen-bond donors (Lipinski definition) is 0. The van der Waals surface area contributed by atoms with Gasteiger partial charge < -0.3 is 4.74 Å². The van der Waals surface area contributed by atoms with E-state index >= 15 is 0 Å². The van der Waals surface area contributed by atoms with E-state index in [1.54, 1.807) is 0 Å². The van der Waals surface area contributed by atoms with Crippen LogP contribution in [-0.2, 0) is 11.3 Å². The van der Waals surface area contributed by atoms with E-state index in [1.807, 2.05) is 30.3 Å². The molecule has 136 valence electrons.